The highest BCUT2D eigenvalue weighted by molar-refractivity contribution is 7.92. The highest BCUT2D eigenvalue weighted by Crippen LogP contribution is 2.32. The lowest BCUT2D eigenvalue weighted by atomic mass is 10.1. The number of benzene rings is 3. The second kappa shape index (κ2) is 11.5. The summed E-state index contributed by atoms with van der Waals surface area (Å²) in [7, 11) is -1.06. The number of rotatable bonds is 11. The second-order valence-electron chi connectivity index (χ2n) is 7.52. The summed E-state index contributed by atoms with van der Waals surface area (Å²) in [6, 6.07) is 20.9. The van der Waals surface area contributed by atoms with Crippen LogP contribution in [0.4, 0.5) is 0 Å². The average Bonchev–Trinajstić information content (AvgIpc) is 2.86. The highest BCUT2D eigenvalue weighted by Gasteiger charge is 2.30. The quantitative estimate of drug-likeness (QED) is 0.310. The molecule has 8 nitrogen and oxygen atoms in total. The lowest BCUT2D eigenvalue weighted by Gasteiger charge is -2.18. The van der Waals surface area contributed by atoms with Crippen molar-refractivity contribution < 1.29 is 32.6 Å². The molecule has 0 aliphatic heterocycles. The molecule has 0 aromatic heterocycles. The number of amides is 1. The number of carbonyl (C=O) groups excluding carboxylic acids is 1. The average molecular weight is 486 g/mol. The Morgan fingerprint density at radius 2 is 1.62 bits per heavy atom. The number of sulfone groups is 1. The van der Waals surface area contributed by atoms with Crippen LogP contribution in [-0.4, -0.2) is 39.0 Å². The van der Waals surface area contributed by atoms with Gasteiger partial charge in [-0.05, 0) is 54.8 Å². The van der Waals surface area contributed by atoms with Crippen molar-refractivity contribution in [2.75, 3.05) is 14.2 Å². The molecule has 0 fully saturated rings. The van der Waals surface area contributed by atoms with Gasteiger partial charge in [0.1, 0.15) is 11.5 Å². The fourth-order valence-electron chi connectivity index (χ4n) is 3.52. The van der Waals surface area contributed by atoms with Gasteiger partial charge in [-0.3, -0.25) is 10.0 Å². The molecule has 34 heavy (non-hydrogen) atoms. The Morgan fingerprint density at radius 1 is 0.912 bits per heavy atom. The molecule has 1 unspecified atom stereocenters. The topological polar surface area (TPSA) is 111 Å². The van der Waals surface area contributed by atoms with Crippen LogP contribution in [0.5, 0.6) is 23.0 Å². The first-order valence-corrected chi connectivity index (χ1v) is 12.1. The first-order valence-electron chi connectivity index (χ1n) is 10.6. The molecule has 3 aromatic rings. The van der Waals surface area contributed by atoms with Crippen LogP contribution in [0.1, 0.15) is 18.4 Å². The number of ether oxygens (including phenoxy) is 3. The lowest BCUT2D eigenvalue weighted by Crippen LogP contribution is -2.30. The number of hydrogen-bond donors (Lipinski definition) is 2. The molecule has 1 amide bonds. The van der Waals surface area contributed by atoms with Crippen molar-refractivity contribution in [3.63, 3.8) is 0 Å². The van der Waals surface area contributed by atoms with Gasteiger partial charge in [-0.25, -0.2) is 13.9 Å². The van der Waals surface area contributed by atoms with Crippen molar-refractivity contribution in [3.8, 4) is 23.0 Å². The van der Waals surface area contributed by atoms with Gasteiger partial charge >= 0.3 is 0 Å². The van der Waals surface area contributed by atoms with E-state index in [4.69, 9.17) is 19.4 Å². The summed E-state index contributed by atoms with van der Waals surface area (Å²) in [6.07, 6.45) is 0.133. The zero-order valence-corrected chi connectivity index (χ0v) is 19.7. The third-order valence-corrected chi connectivity index (χ3v) is 7.48. The Kier molecular flexibility index (Phi) is 8.50. The molecule has 3 aromatic carbocycles. The number of nitrogens with one attached hydrogen (secondary N) is 1. The molecule has 1 atom stereocenters. The Bertz CT molecular complexity index is 1210. The van der Waals surface area contributed by atoms with E-state index in [9.17, 15) is 13.2 Å². The largest absolute Gasteiger partial charge is 0.493 e. The molecule has 3 rings (SSSR count). The molecule has 0 saturated heterocycles. The number of methoxy groups -OCH3 is 2. The predicted molar refractivity (Wildman–Crippen MR) is 126 cm³/mol. The van der Waals surface area contributed by atoms with Gasteiger partial charge in [-0.2, -0.15) is 0 Å². The van der Waals surface area contributed by atoms with Crippen molar-refractivity contribution in [1.29, 1.82) is 0 Å². The summed E-state index contributed by atoms with van der Waals surface area (Å²) in [5, 5.41) is 7.91. The molecular formula is C25H27NO7S. The lowest BCUT2D eigenvalue weighted by molar-refractivity contribution is -0.129. The van der Waals surface area contributed by atoms with Crippen LogP contribution in [0.2, 0.25) is 0 Å². The zero-order valence-electron chi connectivity index (χ0n) is 18.9. The maximum Gasteiger partial charge on any atom is 0.244 e. The molecule has 0 radical (unpaired) electrons. The van der Waals surface area contributed by atoms with E-state index in [-0.39, 0.29) is 17.1 Å². The molecule has 180 valence electrons. The van der Waals surface area contributed by atoms with E-state index in [1.54, 1.807) is 0 Å². The summed E-state index contributed by atoms with van der Waals surface area (Å²) < 4.78 is 43.0. The fourth-order valence-corrected chi connectivity index (χ4v) is 5.23. The summed E-state index contributed by atoms with van der Waals surface area (Å²) >= 11 is 0. The third kappa shape index (κ3) is 6.27. The number of hydrogen-bond acceptors (Lipinski definition) is 7. The van der Waals surface area contributed by atoms with Gasteiger partial charge in [0.05, 0.1) is 24.4 Å². The fraction of sp³-hybridized carbons (Fsp3) is 0.240. The van der Waals surface area contributed by atoms with Crippen LogP contribution >= 0.6 is 0 Å². The van der Waals surface area contributed by atoms with Gasteiger partial charge < -0.3 is 14.2 Å². The van der Waals surface area contributed by atoms with Crippen LogP contribution < -0.4 is 19.7 Å². The maximum absolute atomic E-state index is 13.4. The van der Waals surface area contributed by atoms with Crippen molar-refractivity contribution >= 4 is 15.7 Å². The van der Waals surface area contributed by atoms with Gasteiger partial charge in [0.15, 0.2) is 21.3 Å². The standard InChI is InChI=1S/C25H27NO7S/c1-31-23-14-13-21(16-24(23)32-2)34(29,30)22(17-25(27)26-28)12-11-18-7-6-10-20(15-18)33-19-8-4-3-5-9-19/h3-10,13-16,22,28H,11-12,17H2,1-2H3,(H,26,27). The zero-order chi connectivity index (χ0) is 24.6. The summed E-state index contributed by atoms with van der Waals surface area (Å²) in [5.41, 5.74) is 2.38. The Morgan fingerprint density at radius 3 is 2.29 bits per heavy atom. The van der Waals surface area contributed by atoms with E-state index in [1.165, 1.54) is 37.9 Å². The minimum atomic E-state index is -3.93. The van der Waals surface area contributed by atoms with Gasteiger partial charge in [-0.15, -0.1) is 0 Å². The van der Waals surface area contributed by atoms with Crippen LogP contribution in [0.15, 0.2) is 77.7 Å². The number of aryl methyl sites for hydroxylation is 1. The van der Waals surface area contributed by atoms with Gasteiger partial charge in [0.2, 0.25) is 5.91 Å². The molecule has 0 heterocycles. The Labute approximate surface area is 199 Å². The number of hydroxylamine groups is 1. The minimum absolute atomic E-state index is 0.00190. The van der Waals surface area contributed by atoms with Crippen LogP contribution in [-0.2, 0) is 21.1 Å². The minimum Gasteiger partial charge on any atom is -0.493 e. The number of para-hydroxylation sites is 1. The van der Waals surface area contributed by atoms with Crippen LogP contribution in [0.3, 0.4) is 0 Å². The molecule has 0 bridgehead atoms. The van der Waals surface area contributed by atoms with Crippen molar-refractivity contribution in [2.45, 2.75) is 29.4 Å². The first kappa shape index (κ1) is 25.1. The monoisotopic (exact) mass is 485 g/mol. The van der Waals surface area contributed by atoms with E-state index in [1.807, 2.05) is 54.6 Å². The molecule has 9 heteroatoms. The summed E-state index contributed by atoms with van der Waals surface area (Å²) in [6.45, 7) is 0. The van der Waals surface area contributed by atoms with Crippen molar-refractivity contribution in [3.05, 3.63) is 78.4 Å². The first-order chi connectivity index (χ1) is 16.4. The molecule has 0 aliphatic rings. The normalized spacial score (nSPS) is 12.0. The van der Waals surface area contributed by atoms with E-state index in [0.717, 1.165) is 5.56 Å². The highest BCUT2D eigenvalue weighted by atomic mass is 32.2. The molecule has 0 spiro atoms. The molecule has 0 saturated carbocycles. The second-order valence-corrected chi connectivity index (χ2v) is 9.75. The Hall–Kier alpha value is -3.56. The summed E-state index contributed by atoms with van der Waals surface area (Å²) in [5.74, 6) is 1.18. The molecule has 0 aliphatic carbocycles. The van der Waals surface area contributed by atoms with E-state index < -0.39 is 27.4 Å². The van der Waals surface area contributed by atoms with Crippen molar-refractivity contribution in [1.82, 2.24) is 5.48 Å². The van der Waals surface area contributed by atoms with Crippen LogP contribution in [0, 0.1) is 0 Å². The van der Waals surface area contributed by atoms with E-state index in [2.05, 4.69) is 0 Å². The maximum atomic E-state index is 13.4. The summed E-state index contributed by atoms with van der Waals surface area (Å²) in [4.78, 5) is 11.9. The molecular weight excluding hydrogens is 458 g/mol. The third-order valence-electron chi connectivity index (χ3n) is 5.29. The van der Waals surface area contributed by atoms with Gasteiger partial charge in [0, 0.05) is 12.5 Å². The van der Waals surface area contributed by atoms with Crippen LogP contribution in [0.25, 0.3) is 0 Å². The van der Waals surface area contributed by atoms with E-state index in [0.29, 0.717) is 23.7 Å². The number of carbonyl (C=O) groups is 1. The molecule has 2 N–H and O–H groups in total. The SMILES string of the molecule is COc1ccc(S(=O)(=O)C(CCc2cccc(Oc3ccccc3)c2)CC(=O)NO)cc1OC. The van der Waals surface area contributed by atoms with Crippen molar-refractivity contribution in [2.24, 2.45) is 0 Å². The smallest absolute Gasteiger partial charge is 0.244 e. The van der Waals surface area contributed by atoms with E-state index >= 15 is 0 Å². The predicted octanol–water partition coefficient (Wildman–Crippen LogP) is 4.17. The van der Waals surface area contributed by atoms with Gasteiger partial charge in [0.25, 0.3) is 0 Å². The Balaban J connectivity index is 1.82. The van der Waals surface area contributed by atoms with Gasteiger partial charge in [-0.1, -0.05) is 30.3 Å².